The monoisotopic (exact) mass is 281 g/mol. The van der Waals surface area contributed by atoms with Crippen molar-refractivity contribution >= 4 is 23.7 Å². The Labute approximate surface area is 112 Å². The third-order valence-electron chi connectivity index (χ3n) is 1.91. The maximum atomic E-state index is 11.4. The predicted molar refractivity (Wildman–Crippen MR) is 66.3 cm³/mol. The van der Waals surface area contributed by atoms with Gasteiger partial charge in [-0.2, -0.15) is 0 Å². The Balaban J connectivity index is 4.11. The van der Waals surface area contributed by atoms with Gasteiger partial charge < -0.3 is 19.9 Å². The zero-order valence-electron chi connectivity index (χ0n) is 11.0. The zero-order valence-corrected chi connectivity index (χ0v) is 11.8. The summed E-state index contributed by atoms with van der Waals surface area (Å²) in [6.07, 6.45) is -1.96. The number of carbonyl (C=O) groups excluding carboxylic acids is 2. The SMILES string of the molecule is CC(NC(=O)OC(C)(C)C)C(O)CC(=O)OCCl. The lowest BCUT2D eigenvalue weighted by molar-refractivity contribution is -0.144. The van der Waals surface area contributed by atoms with Gasteiger partial charge >= 0.3 is 12.1 Å². The molecule has 0 spiro atoms. The van der Waals surface area contributed by atoms with Gasteiger partial charge in [-0.15, -0.1) is 0 Å². The second kappa shape index (κ2) is 7.43. The van der Waals surface area contributed by atoms with E-state index in [-0.39, 0.29) is 12.5 Å². The number of carbonyl (C=O) groups is 2. The molecule has 0 aliphatic carbocycles. The molecule has 0 aliphatic heterocycles. The molecule has 2 atom stereocenters. The van der Waals surface area contributed by atoms with Gasteiger partial charge in [-0.3, -0.25) is 4.79 Å². The van der Waals surface area contributed by atoms with E-state index >= 15 is 0 Å². The molecule has 0 saturated heterocycles. The van der Waals surface area contributed by atoms with Crippen LogP contribution < -0.4 is 5.32 Å². The summed E-state index contributed by atoms with van der Waals surface area (Å²) in [4.78, 5) is 22.5. The van der Waals surface area contributed by atoms with Gasteiger partial charge in [0.15, 0.2) is 6.07 Å². The average Bonchev–Trinajstić information content (AvgIpc) is 2.14. The normalized spacial score (nSPS) is 14.6. The standard InChI is InChI=1S/C11H20ClNO5/c1-7(8(14)5-9(15)17-6-12)13-10(16)18-11(2,3)4/h7-8,14H,5-6H2,1-4H3,(H,13,16). The van der Waals surface area contributed by atoms with Gasteiger partial charge in [0.2, 0.25) is 0 Å². The molecule has 0 aromatic carbocycles. The quantitative estimate of drug-likeness (QED) is 0.588. The van der Waals surface area contributed by atoms with Crippen LogP contribution in [-0.4, -0.2) is 41.0 Å². The van der Waals surface area contributed by atoms with Crippen molar-refractivity contribution < 1.29 is 24.2 Å². The van der Waals surface area contributed by atoms with Gasteiger partial charge in [0.05, 0.1) is 18.6 Å². The Bertz CT molecular complexity index is 290. The predicted octanol–water partition coefficient (Wildman–Crippen LogP) is 1.39. The van der Waals surface area contributed by atoms with Crippen LogP contribution in [0.1, 0.15) is 34.1 Å². The summed E-state index contributed by atoms with van der Waals surface area (Å²) >= 11 is 5.20. The fourth-order valence-electron chi connectivity index (χ4n) is 1.06. The molecule has 0 aromatic rings. The maximum absolute atomic E-state index is 11.4. The number of alkyl halides is 1. The van der Waals surface area contributed by atoms with Gasteiger partial charge in [0.1, 0.15) is 5.60 Å². The molecule has 0 aromatic heterocycles. The van der Waals surface area contributed by atoms with Crippen LogP contribution in [0.5, 0.6) is 0 Å². The number of ether oxygens (including phenoxy) is 2. The van der Waals surface area contributed by atoms with Crippen molar-refractivity contribution in [1.82, 2.24) is 5.32 Å². The van der Waals surface area contributed by atoms with E-state index in [1.54, 1.807) is 27.7 Å². The van der Waals surface area contributed by atoms with Crippen LogP contribution in [0.4, 0.5) is 4.79 Å². The van der Waals surface area contributed by atoms with E-state index in [1.807, 2.05) is 0 Å². The van der Waals surface area contributed by atoms with Gasteiger partial charge in [-0.05, 0) is 27.7 Å². The van der Waals surface area contributed by atoms with Crippen molar-refractivity contribution in [3.63, 3.8) is 0 Å². The van der Waals surface area contributed by atoms with Crippen LogP contribution >= 0.6 is 11.6 Å². The summed E-state index contributed by atoms with van der Waals surface area (Å²) in [7, 11) is 0. The zero-order chi connectivity index (χ0) is 14.3. The fourth-order valence-corrected chi connectivity index (χ4v) is 1.18. The van der Waals surface area contributed by atoms with E-state index < -0.39 is 29.8 Å². The van der Waals surface area contributed by atoms with Crippen LogP contribution in [-0.2, 0) is 14.3 Å². The van der Waals surface area contributed by atoms with Gasteiger partial charge in [0, 0.05) is 0 Å². The highest BCUT2D eigenvalue weighted by molar-refractivity contribution is 6.17. The van der Waals surface area contributed by atoms with Crippen molar-refractivity contribution in [3.05, 3.63) is 0 Å². The molecule has 0 heterocycles. The maximum Gasteiger partial charge on any atom is 0.407 e. The molecule has 0 saturated carbocycles. The highest BCUT2D eigenvalue weighted by Gasteiger charge is 2.23. The van der Waals surface area contributed by atoms with Gasteiger partial charge in [-0.1, -0.05) is 11.6 Å². The first-order valence-electron chi connectivity index (χ1n) is 5.55. The van der Waals surface area contributed by atoms with Crippen LogP contribution in [0.2, 0.25) is 0 Å². The highest BCUT2D eigenvalue weighted by Crippen LogP contribution is 2.08. The number of hydrogen-bond acceptors (Lipinski definition) is 5. The summed E-state index contributed by atoms with van der Waals surface area (Å²) in [5.74, 6) is -0.629. The lowest BCUT2D eigenvalue weighted by atomic mass is 10.1. The van der Waals surface area contributed by atoms with Gasteiger partial charge in [0.25, 0.3) is 0 Å². The fraction of sp³-hybridized carbons (Fsp3) is 0.818. The molecule has 0 aliphatic rings. The lowest BCUT2D eigenvalue weighted by Gasteiger charge is -2.23. The lowest BCUT2D eigenvalue weighted by Crippen LogP contribution is -2.44. The number of halogens is 1. The minimum absolute atomic E-state index is 0.246. The Morgan fingerprint density at radius 2 is 1.94 bits per heavy atom. The van der Waals surface area contributed by atoms with Crippen molar-refractivity contribution in [1.29, 1.82) is 0 Å². The third-order valence-corrected chi connectivity index (χ3v) is 2.02. The molecule has 0 radical (unpaired) electrons. The van der Waals surface area contributed by atoms with Crippen LogP contribution in [0.15, 0.2) is 0 Å². The Hall–Kier alpha value is -1.01. The molecule has 0 fully saturated rings. The summed E-state index contributed by atoms with van der Waals surface area (Å²) in [5, 5.41) is 12.1. The molecule has 106 valence electrons. The molecule has 2 N–H and O–H groups in total. The molecule has 0 rings (SSSR count). The Morgan fingerprint density at radius 3 is 2.39 bits per heavy atom. The van der Waals surface area contributed by atoms with Crippen LogP contribution in [0.25, 0.3) is 0 Å². The number of aliphatic hydroxyl groups is 1. The summed E-state index contributed by atoms with van der Waals surface area (Å²) < 4.78 is 9.48. The molecule has 1 amide bonds. The third kappa shape index (κ3) is 8.14. The highest BCUT2D eigenvalue weighted by atomic mass is 35.5. The summed E-state index contributed by atoms with van der Waals surface area (Å²) in [5.41, 5.74) is -0.619. The first kappa shape index (κ1) is 17.0. The van der Waals surface area contributed by atoms with Crippen molar-refractivity contribution in [2.75, 3.05) is 6.07 Å². The Kier molecular flexibility index (Phi) is 7.01. The van der Waals surface area contributed by atoms with E-state index in [1.165, 1.54) is 0 Å². The van der Waals surface area contributed by atoms with Crippen LogP contribution in [0.3, 0.4) is 0 Å². The average molecular weight is 282 g/mol. The number of rotatable bonds is 5. The number of esters is 1. The van der Waals surface area contributed by atoms with Gasteiger partial charge in [-0.25, -0.2) is 4.79 Å². The molecular formula is C11H20ClNO5. The Morgan fingerprint density at radius 1 is 1.39 bits per heavy atom. The van der Waals surface area contributed by atoms with E-state index in [0.717, 1.165) is 0 Å². The summed E-state index contributed by atoms with van der Waals surface area (Å²) in [6, 6.07) is -0.901. The van der Waals surface area contributed by atoms with E-state index in [4.69, 9.17) is 16.3 Å². The van der Waals surface area contributed by atoms with Crippen molar-refractivity contribution in [3.8, 4) is 0 Å². The minimum atomic E-state index is -1.06. The molecular weight excluding hydrogens is 262 g/mol. The largest absolute Gasteiger partial charge is 0.449 e. The molecule has 0 bridgehead atoms. The molecule has 6 nitrogen and oxygen atoms in total. The molecule has 18 heavy (non-hydrogen) atoms. The van der Waals surface area contributed by atoms with Crippen molar-refractivity contribution in [2.24, 2.45) is 0 Å². The van der Waals surface area contributed by atoms with E-state index in [0.29, 0.717) is 0 Å². The van der Waals surface area contributed by atoms with E-state index in [9.17, 15) is 14.7 Å². The number of nitrogens with one attached hydrogen (secondary N) is 1. The van der Waals surface area contributed by atoms with E-state index in [2.05, 4.69) is 10.1 Å². The number of alkyl carbamates (subject to hydrolysis) is 1. The number of aliphatic hydroxyl groups excluding tert-OH is 1. The minimum Gasteiger partial charge on any atom is -0.449 e. The van der Waals surface area contributed by atoms with Crippen molar-refractivity contribution in [2.45, 2.75) is 51.9 Å². The second-order valence-electron chi connectivity index (χ2n) is 4.83. The topological polar surface area (TPSA) is 84.9 Å². The first-order chi connectivity index (χ1) is 8.15. The molecule has 2 unspecified atom stereocenters. The van der Waals surface area contributed by atoms with Crippen LogP contribution in [0, 0.1) is 0 Å². The first-order valence-corrected chi connectivity index (χ1v) is 6.08. The molecule has 7 heteroatoms. The number of hydrogen-bond donors (Lipinski definition) is 2. The second-order valence-corrected chi connectivity index (χ2v) is 5.05. The summed E-state index contributed by atoms with van der Waals surface area (Å²) in [6.45, 7) is 6.74. The number of amides is 1. The smallest absolute Gasteiger partial charge is 0.407 e.